The first kappa shape index (κ1) is 21.6. The number of ether oxygens (including phenoxy) is 1. The number of aryl methyl sites for hydroxylation is 1. The van der Waals surface area contributed by atoms with E-state index in [9.17, 15) is 9.59 Å². The fourth-order valence-corrected chi connectivity index (χ4v) is 3.61. The van der Waals surface area contributed by atoms with Gasteiger partial charge in [0.25, 0.3) is 5.91 Å². The van der Waals surface area contributed by atoms with Gasteiger partial charge in [-0.1, -0.05) is 49.4 Å². The van der Waals surface area contributed by atoms with Crippen molar-refractivity contribution in [1.29, 1.82) is 0 Å². The Kier molecular flexibility index (Phi) is 7.66. The molecule has 0 bridgehead atoms. The average molecular weight is 407 g/mol. The number of esters is 1. The largest absolute Gasteiger partial charge is 0.463 e. The number of carbonyl (C=O) groups is 2. The highest BCUT2D eigenvalue weighted by atomic mass is 16.5. The molecule has 0 unspecified atom stereocenters. The van der Waals surface area contributed by atoms with Crippen LogP contribution in [0.4, 0.5) is 0 Å². The summed E-state index contributed by atoms with van der Waals surface area (Å²) in [7, 11) is 0. The predicted molar refractivity (Wildman–Crippen MR) is 118 cm³/mol. The van der Waals surface area contributed by atoms with Crippen molar-refractivity contribution >= 4 is 11.9 Å². The maximum Gasteiger partial charge on any atom is 0.337 e. The van der Waals surface area contributed by atoms with E-state index < -0.39 is 0 Å². The van der Waals surface area contributed by atoms with Crippen LogP contribution in [0.1, 0.15) is 41.8 Å². The second kappa shape index (κ2) is 10.6. The van der Waals surface area contributed by atoms with Crippen LogP contribution in [-0.4, -0.2) is 43.0 Å². The molecule has 2 aromatic rings. The first-order valence-electron chi connectivity index (χ1n) is 10.7. The summed E-state index contributed by atoms with van der Waals surface area (Å²) < 4.78 is 5.27. The van der Waals surface area contributed by atoms with Crippen LogP contribution >= 0.6 is 0 Å². The van der Waals surface area contributed by atoms with Gasteiger partial charge in [0, 0.05) is 30.8 Å². The lowest BCUT2D eigenvalue weighted by atomic mass is 10.0. The summed E-state index contributed by atoms with van der Waals surface area (Å²) in [6, 6.07) is 17.9. The summed E-state index contributed by atoms with van der Waals surface area (Å²) in [5.74, 6) is -0.402. The predicted octanol–water partition coefficient (Wildman–Crippen LogP) is 3.74. The number of hydrogen-bond donors (Lipinski definition) is 1. The van der Waals surface area contributed by atoms with Crippen LogP contribution in [-0.2, 0) is 22.4 Å². The molecule has 0 saturated heterocycles. The minimum absolute atomic E-state index is 0.0530. The van der Waals surface area contributed by atoms with Gasteiger partial charge in [-0.05, 0) is 43.0 Å². The molecule has 0 aliphatic carbocycles. The summed E-state index contributed by atoms with van der Waals surface area (Å²) in [5.41, 5.74) is 4.52. The first-order valence-corrected chi connectivity index (χ1v) is 10.7. The van der Waals surface area contributed by atoms with Crippen molar-refractivity contribution in [2.75, 3.05) is 26.2 Å². The summed E-state index contributed by atoms with van der Waals surface area (Å²) in [6.07, 6.45) is 2.42. The average Bonchev–Trinajstić information content (AvgIpc) is 2.79. The molecule has 1 amide bonds. The summed E-state index contributed by atoms with van der Waals surface area (Å²) >= 11 is 0. The van der Waals surface area contributed by atoms with Crippen molar-refractivity contribution < 1.29 is 14.3 Å². The molecule has 0 fully saturated rings. The van der Waals surface area contributed by atoms with Gasteiger partial charge in [-0.15, -0.1) is 0 Å². The summed E-state index contributed by atoms with van der Waals surface area (Å²) in [4.78, 5) is 27.3. The second-order valence-electron chi connectivity index (χ2n) is 7.37. The topological polar surface area (TPSA) is 58.6 Å². The molecule has 0 aromatic heterocycles. The van der Waals surface area contributed by atoms with Gasteiger partial charge in [0.2, 0.25) is 0 Å². The highest BCUT2D eigenvalue weighted by molar-refractivity contribution is 5.96. The van der Waals surface area contributed by atoms with Crippen LogP contribution < -0.4 is 5.32 Å². The SMILES string of the molecule is CCOC(=O)C1=C(NCCc2ccccc2)CCN(C(=O)c2ccc(CC)cc2)C1. The Morgan fingerprint density at radius 2 is 1.73 bits per heavy atom. The van der Waals surface area contributed by atoms with Gasteiger partial charge in [0.15, 0.2) is 0 Å². The quantitative estimate of drug-likeness (QED) is 0.679. The summed E-state index contributed by atoms with van der Waals surface area (Å²) in [5, 5.41) is 3.41. The van der Waals surface area contributed by atoms with E-state index in [1.165, 1.54) is 11.1 Å². The lowest BCUT2D eigenvalue weighted by Gasteiger charge is -2.30. The molecule has 1 aliphatic heterocycles. The zero-order valence-corrected chi connectivity index (χ0v) is 17.8. The fourth-order valence-electron chi connectivity index (χ4n) is 3.61. The molecular formula is C25H30N2O3. The van der Waals surface area contributed by atoms with Gasteiger partial charge in [0.05, 0.1) is 18.7 Å². The number of amides is 1. The molecule has 0 spiro atoms. The van der Waals surface area contributed by atoms with E-state index in [2.05, 4.69) is 24.4 Å². The third-order valence-electron chi connectivity index (χ3n) is 5.36. The molecule has 2 aromatic carbocycles. The van der Waals surface area contributed by atoms with E-state index in [4.69, 9.17) is 4.74 Å². The van der Waals surface area contributed by atoms with Gasteiger partial charge in [-0.2, -0.15) is 0 Å². The number of benzene rings is 2. The van der Waals surface area contributed by atoms with E-state index in [1.54, 1.807) is 11.8 Å². The van der Waals surface area contributed by atoms with Crippen molar-refractivity contribution in [1.82, 2.24) is 10.2 Å². The molecule has 3 rings (SSSR count). The van der Waals surface area contributed by atoms with E-state index in [-0.39, 0.29) is 18.4 Å². The van der Waals surface area contributed by atoms with Crippen LogP contribution in [0.5, 0.6) is 0 Å². The molecule has 1 heterocycles. The maximum atomic E-state index is 13.0. The lowest BCUT2D eigenvalue weighted by molar-refractivity contribution is -0.138. The highest BCUT2D eigenvalue weighted by Gasteiger charge is 2.28. The molecule has 0 radical (unpaired) electrons. The van der Waals surface area contributed by atoms with Gasteiger partial charge in [-0.25, -0.2) is 4.79 Å². The monoisotopic (exact) mass is 406 g/mol. The van der Waals surface area contributed by atoms with E-state index in [0.717, 1.165) is 25.1 Å². The van der Waals surface area contributed by atoms with Crippen LogP contribution in [0.2, 0.25) is 0 Å². The Morgan fingerprint density at radius 3 is 2.40 bits per heavy atom. The lowest BCUT2D eigenvalue weighted by Crippen LogP contribution is -2.41. The third-order valence-corrected chi connectivity index (χ3v) is 5.36. The molecule has 30 heavy (non-hydrogen) atoms. The molecule has 0 atom stereocenters. The van der Waals surface area contributed by atoms with Crippen molar-refractivity contribution in [3.05, 3.63) is 82.6 Å². The Balaban J connectivity index is 1.70. The van der Waals surface area contributed by atoms with Crippen LogP contribution in [0.15, 0.2) is 65.9 Å². The third kappa shape index (κ3) is 5.50. The van der Waals surface area contributed by atoms with Crippen LogP contribution in [0.25, 0.3) is 0 Å². The first-order chi connectivity index (χ1) is 14.6. The smallest absolute Gasteiger partial charge is 0.337 e. The number of carbonyl (C=O) groups excluding carboxylic acids is 2. The Bertz CT molecular complexity index is 888. The van der Waals surface area contributed by atoms with E-state index >= 15 is 0 Å². The van der Waals surface area contributed by atoms with Crippen molar-refractivity contribution in [3.8, 4) is 0 Å². The molecule has 1 N–H and O–H groups in total. The number of nitrogens with one attached hydrogen (secondary N) is 1. The van der Waals surface area contributed by atoms with Crippen LogP contribution in [0.3, 0.4) is 0 Å². The van der Waals surface area contributed by atoms with Gasteiger partial charge in [-0.3, -0.25) is 4.79 Å². The Morgan fingerprint density at radius 1 is 1.00 bits per heavy atom. The minimum Gasteiger partial charge on any atom is -0.463 e. The van der Waals surface area contributed by atoms with Crippen LogP contribution in [0, 0.1) is 0 Å². The van der Waals surface area contributed by atoms with Crippen molar-refractivity contribution in [2.24, 2.45) is 0 Å². The van der Waals surface area contributed by atoms with Crippen molar-refractivity contribution in [3.63, 3.8) is 0 Å². The van der Waals surface area contributed by atoms with Crippen molar-refractivity contribution in [2.45, 2.75) is 33.1 Å². The Labute approximate surface area is 178 Å². The Hall–Kier alpha value is -3.08. The van der Waals surface area contributed by atoms with E-state index in [1.807, 2.05) is 42.5 Å². The zero-order chi connectivity index (χ0) is 21.3. The number of rotatable bonds is 8. The van der Waals surface area contributed by atoms with Gasteiger partial charge < -0.3 is 15.0 Å². The number of hydrogen-bond acceptors (Lipinski definition) is 4. The highest BCUT2D eigenvalue weighted by Crippen LogP contribution is 2.20. The molecule has 5 heteroatoms. The fraction of sp³-hybridized carbons (Fsp3) is 0.360. The molecule has 158 valence electrons. The molecule has 0 saturated carbocycles. The zero-order valence-electron chi connectivity index (χ0n) is 17.8. The normalized spacial score (nSPS) is 13.9. The molecule has 5 nitrogen and oxygen atoms in total. The second-order valence-corrected chi connectivity index (χ2v) is 7.37. The summed E-state index contributed by atoms with van der Waals surface area (Å²) in [6.45, 7) is 5.76. The molecule has 1 aliphatic rings. The van der Waals surface area contributed by atoms with Gasteiger partial charge in [0.1, 0.15) is 0 Å². The van der Waals surface area contributed by atoms with E-state index in [0.29, 0.717) is 30.7 Å². The molecular weight excluding hydrogens is 376 g/mol. The maximum absolute atomic E-state index is 13.0. The number of nitrogens with zero attached hydrogens (tertiary/aromatic N) is 1. The van der Waals surface area contributed by atoms with Gasteiger partial charge >= 0.3 is 5.97 Å². The minimum atomic E-state index is -0.349. The standard InChI is InChI=1S/C25H30N2O3/c1-3-19-10-12-21(13-11-19)24(28)27-17-15-23(22(18-27)25(29)30-4-2)26-16-14-20-8-6-5-7-9-20/h5-13,26H,3-4,14-18H2,1-2H3.